The van der Waals surface area contributed by atoms with Gasteiger partial charge in [0.1, 0.15) is 18.1 Å². The van der Waals surface area contributed by atoms with E-state index in [-0.39, 0.29) is 31.6 Å². The maximum Gasteiger partial charge on any atom is 0.326 e. The first kappa shape index (κ1) is 39.4. The predicted octanol–water partition coefficient (Wildman–Crippen LogP) is -0.254. The highest BCUT2D eigenvalue weighted by Gasteiger charge is 2.30. The van der Waals surface area contributed by atoms with E-state index in [0.717, 1.165) is 11.1 Å². The molecule has 0 saturated heterocycles. The Morgan fingerprint density at radius 1 is 0.667 bits per heavy atom. The van der Waals surface area contributed by atoms with Crippen molar-refractivity contribution in [1.82, 2.24) is 26.6 Å². The third-order valence-corrected chi connectivity index (χ3v) is 7.34. The molecule has 5 amide bonds. The van der Waals surface area contributed by atoms with Crippen LogP contribution in [0.15, 0.2) is 60.7 Å². The third kappa shape index (κ3) is 15.2. The summed E-state index contributed by atoms with van der Waals surface area (Å²) in [4.78, 5) is 76.1. The van der Waals surface area contributed by atoms with Gasteiger partial charge in [0.05, 0.1) is 19.1 Å². The van der Waals surface area contributed by atoms with Crippen molar-refractivity contribution in [3.05, 3.63) is 71.8 Å². The number of unbranched alkanes of at least 4 members (excludes halogenated alkanes) is 1. The summed E-state index contributed by atoms with van der Waals surface area (Å²) in [7, 11) is 0. The molecule has 0 aliphatic heterocycles. The molecule has 0 fully saturated rings. The highest BCUT2D eigenvalue weighted by Crippen LogP contribution is 2.10. The van der Waals surface area contributed by atoms with Crippen molar-refractivity contribution in [3.63, 3.8) is 0 Å². The Labute approximate surface area is 281 Å². The Hall–Kier alpha value is -4.82. The molecule has 0 aliphatic carbocycles. The first-order chi connectivity index (χ1) is 22.9. The first-order valence-electron chi connectivity index (χ1n) is 16.1. The average molecular weight is 668 g/mol. The van der Waals surface area contributed by atoms with Gasteiger partial charge in [-0.05, 0) is 55.7 Å². The van der Waals surface area contributed by atoms with Crippen molar-refractivity contribution in [2.45, 2.75) is 76.5 Å². The lowest BCUT2D eigenvalue weighted by Crippen LogP contribution is -2.57. The SMILES string of the molecule is CC(C)C[C@H](NC(=O)[C@H](Cc1ccccc1)NC(=O)CNC(=O)CNC(=O)[C@@H](N)Cc1ccccc1)C(=O)N[C@@H](CCCCN)C(=O)O. The second-order valence-electron chi connectivity index (χ2n) is 12.0. The van der Waals surface area contributed by atoms with E-state index in [0.29, 0.717) is 19.4 Å². The molecule has 14 nitrogen and oxygen atoms in total. The Morgan fingerprint density at radius 3 is 1.77 bits per heavy atom. The van der Waals surface area contributed by atoms with Crippen LogP contribution in [0.5, 0.6) is 0 Å². The average Bonchev–Trinajstić information content (AvgIpc) is 3.05. The van der Waals surface area contributed by atoms with Crippen molar-refractivity contribution in [1.29, 1.82) is 0 Å². The summed E-state index contributed by atoms with van der Waals surface area (Å²) in [6.07, 6.45) is 1.87. The molecule has 0 radical (unpaired) electrons. The summed E-state index contributed by atoms with van der Waals surface area (Å²) in [6.45, 7) is 3.22. The molecule has 262 valence electrons. The predicted molar refractivity (Wildman–Crippen MR) is 180 cm³/mol. The fourth-order valence-electron chi connectivity index (χ4n) is 4.80. The summed E-state index contributed by atoms with van der Waals surface area (Å²) >= 11 is 0. The topological polar surface area (TPSA) is 235 Å². The van der Waals surface area contributed by atoms with Gasteiger partial charge in [-0.25, -0.2) is 4.79 Å². The van der Waals surface area contributed by atoms with Gasteiger partial charge in [0.15, 0.2) is 0 Å². The lowest BCUT2D eigenvalue weighted by molar-refractivity contribution is -0.142. The highest BCUT2D eigenvalue weighted by molar-refractivity contribution is 5.94. The summed E-state index contributed by atoms with van der Waals surface area (Å²) in [5.41, 5.74) is 13.0. The van der Waals surface area contributed by atoms with Gasteiger partial charge in [0.2, 0.25) is 29.5 Å². The molecule has 14 heteroatoms. The number of aliphatic carboxylic acids is 1. The molecule has 0 unspecified atom stereocenters. The van der Waals surface area contributed by atoms with Crippen molar-refractivity contribution in [3.8, 4) is 0 Å². The van der Waals surface area contributed by atoms with Crippen LogP contribution >= 0.6 is 0 Å². The lowest BCUT2D eigenvalue weighted by Gasteiger charge is -2.25. The van der Waals surface area contributed by atoms with Crippen molar-refractivity contribution in [2.24, 2.45) is 17.4 Å². The van der Waals surface area contributed by atoms with Crippen LogP contribution in [-0.2, 0) is 41.6 Å². The molecule has 2 rings (SSSR count). The molecule has 48 heavy (non-hydrogen) atoms. The molecule has 0 heterocycles. The third-order valence-electron chi connectivity index (χ3n) is 7.34. The Bertz CT molecular complexity index is 1340. The number of carbonyl (C=O) groups excluding carboxylic acids is 5. The van der Waals surface area contributed by atoms with Crippen LogP contribution in [0.25, 0.3) is 0 Å². The van der Waals surface area contributed by atoms with E-state index in [4.69, 9.17) is 11.5 Å². The Kier molecular flexibility index (Phi) is 17.3. The minimum Gasteiger partial charge on any atom is -0.480 e. The lowest BCUT2D eigenvalue weighted by atomic mass is 10.0. The van der Waals surface area contributed by atoms with Crippen LogP contribution in [0.2, 0.25) is 0 Å². The van der Waals surface area contributed by atoms with Gasteiger partial charge in [0, 0.05) is 6.42 Å². The van der Waals surface area contributed by atoms with Gasteiger partial charge in [0.25, 0.3) is 0 Å². The second-order valence-corrected chi connectivity index (χ2v) is 12.0. The highest BCUT2D eigenvalue weighted by atomic mass is 16.4. The normalized spacial score (nSPS) is 13.4. The summed E-state index contributed by atoms with van der Waals surface area (Å²) in [6, 6.07) is 13.9. The number of nitrogens with one attached hydrogen (secondary N) is 5. The number of carboxylic acids is 1. The molecule has 0 aliphatic rings. The summed E-state index contributed by atoms with van der Waals surface area (Å²) in [5.74, 6) is -4.38. The van der Waals surface area contributed by atoms with Gasteiger partial charge in [-0.2, -0.15) is 0 Å². The minimum atomic E-state index is -1.19. The fourth-order valence-corrected chi connectivity index (χ4v) is 4.80. The van der Waals surface area contributed by atoms with Crippen molar-refractivity contribution >= 4 is 35.5 Å². The second kappa shape index (κ2) is 21.1. The van der Waals surface area contributed by atoms with E-state index in [1.807, 2.05) is 44.2 Å². The monoisotopic (exact) mass is 667 g/mol. The fraction of sp³-hybridized carbons (Fsp3) is 0.471. The van der Waals surface area contributed by atoms with Gasteiger partial charge in [-0.3, -0.25) is 24.0 Å². The molecule has 0 aromatic heterocycles. The zero-order valence-electron chi connectivity index (χ0n) is 27.6. The van der Waals surface area contributed by atoms with Crippen LogP contribution in [-0.4, -0.2) is 84.4 Å². The number of carbonyl (C=O) groups is 6. The van der Waals surface area contributed by atoms with E-state index in [1.165, 1.54) is 0 Å². The Balaban J connectivity index is 2.02. The quantitative estimate of drug-likeness (QED) is 0.0818. The number of amides is 5. The number of rotatable bonds is 21. The van der Waals surface area contributed by atoms with Crippen LogP contribution in [0.1, 0.15) is 50.7 Å². The van der Waals surface area contributed by atoms with Gasteiger partial charge in [-0.15, -0.1) is 0 Å². The van der Waals surface area contributed by atoms with Gasteiger partial charge < -0.3 is 43.2 Å². The first-order valence-corrected chi connectivity index (χ1v) is 16.1. The minimum absolute atomic E-state index is 0.0349. The zero-order chi connectivity index (χ0) is 35.5. The molecule has 2 aromatic rings. The van der Waals surface area contributed by atoms with Crippen LogP contribution in [0, 0.1) is 5.92 Å². The van der Waals surface area contributed by atoms with Gasteiger partial charge >= 0.3 is 5.97 Å². The van der Waals surface area contributed by atoms with Crippen molar-refractivity contribution in [2.75, 3.05) is 19.6 Å². The van der Waals surface area contributed by atoms with E-state index in [9.17, 15) is 33.9 Å². The number of hydrogen-bond donors (Lipinski definition) is 8. The van der Waals surface area contributed by atoms with E-state index >= 15 is 0 Å². The van der Waals surface area contributed by atoms with E-state index in [2.05, 4.69) is 26.6 Å². The number of carboxylic acid groups (broad SMARTS) is 1. The standard InChI is InChI=1S/C34H49N7O7/c1-22(2)17-27(32(45)40-26(34(47)48)15-9-10-16-35)41-33(46)28(19-24-13-7-4-8-14-24)39-30(43)21-37-29(42)20-38-31(44)25(36)18-23-11-5-3-6-12-23/h3-8,11-14,22,25-28H,9-10,15-21,35-36H2,1-2H3,(H,37,42)(H,38,44)(H,39,43)(H,40,45)(H,41,46)(H,47,48)/t25-,26-,27-,28-/m0/s1. The molecular weight excluding hydrogens is 618 g/mol. The number of benzene rings is 2. The molecule has 4 atom stereocenters. The molecule has 0 spiro atoms. The maximum atomic E-state index is 13.5. The summed E-state index contributed by atoms with van der Waals surface area (Å²) in [5, 5.41) is 22.3. The van der Waals surface area contributed by atoms with E-state index in [1.54, 1.807) is 30.3 Å². The molecule has 0 saturated carbocycles. The van der Waals surface area contributed by atoms with Crippen LogP contribution in [0.3, 0.4) is 0 Å². The van der Waals surface area contributed by atoms with Gasteiger partial charge in [-0.1, -0.05) is 74.5 Å². The van der Waals surface area contributed by atoms with Crippen molar-refractivity contribution < 1.29 is 33.9 Å². The molecule has 2 aromatic carbocycles. The van der Waals surface area contributed by atoms with E-state index < -0.39 is 72.8 Å². The largest absolute Gasteiger partial charge is 0.480 e. The molecular formula is C34H49N7O7. The maximum absolute atomic E-state index is 13.5. The molecule has 0 bridgehead atoms. The zero-order valence-corrected chi connectivity index (χ0v) is 27.6. The Morgan fingerprint density at radius 2 is 1.21 bits per heavy atom. The van der Waals surface area contributed by atoms with Crippen LogP contribution in [0.4, 0.5) is 0 Å². The smallest absolute Gasteiger partial charge is 0.326 e. The summed E-state index contributed by atoms with van der Waals surface area (Å²) < 4.78 is 0. The number of nitrogens with two attached hydrogens (primary N) is 2. The molecule has 10 N–H and O–H groups in total. The van der Waals surface area contributed by atoms with Crippen LogP contribution < -0.4 is 38.1 Å². The number of hydrogen-bond acceptors (Lipinski definition) is 8.